The van der Waals surface area contributed by atoms with Crippen LogP contribution in [0.3, 0.4) is 0 Å². The number of hydrogen-bond acceptors (Lipinski definition) is 4. The largest absolute Gasteiger partial charge is 0.452 e. The fourth-order valence-electron chi connectivity index (χ4n) is 2.89. The third-order valence-electron chi connectivity index (χ3n) is 5.08. The van der Waals surface area contributed by atoms with Crippen LogP contribution in [0.25, 0.3) is 0 Å². The quantitative estimate of drug-likeness (QED) is 0.702. The van der Waals surface area contributed by atoms with E-state index in [1.165, 1.54) is 5.56 Å². The third kappa shape index (κ3) is 5.67. The van der Waals surface area contributed by atoms with Crippen molar-refractivity contribution in [2.75, 3.05) is 11.9 Å². The molecule has 3 rings (SSSR count). The first kappa shape index (κ1) is 20.6. The van der Waals surface area contributed by atoms with E-state index in [9.17, 15) is 14.4 Å². The molecular formula is C23H26N2O4. The van der Waals surface area contributed by atoms with Crippen molar-refractivity contribution in [2.45, 2.75) is 39.7 Å². The molecule has 1 unspecified atom stereocenters. The minimum atomic E-state index is -0.584. The Morgan fingerprint density at radius 3 is 2.34 bits per heavy atom. The maximum absolute atomic E-state index is 12.1. The van der Waals surface area contributed by atoms with Crippen LogP contribution in [0, 0.1) is 19.8 Å². The van der Waals surface area contributed by atoms with Crippen LogP contribution in [0.2, 0.25) is 0 Å². The van der Waals surface area contributed by atoms with Gasteiger partial charge >= 0.3 is 5.97 Å². The van der Waals surface area contributed by atoms with Gasteiger partial charge in [-0.3, -0.25) is 9.59 Å². The lowest BCUT2D eigenvalue weighted by Gasteiger charge is -2.16. The van der Waals surface area contributed by atoms with E-state index in [2.05, 4.69) is 10.6 Å². The molecule has 2 aromatic rings. The van der Waals surface area contributed by atoms with E-state index in [4.69, 9.17) is 4.74 Å². The van der Waals surface area contributed by atoms with Gasteiger partial charge in [0.15, 0.2) is 6.61 Å². The molecule has 1 fully saturated rings. The summed E-state index contributed by atoms with van der Waals surface area (Å²) in [5.74, 6) is -0.823. The van der Waals surface area contributed by atoms with E-state index in [1.54, 1.807) is 24.3 Å². The van der Waals surface area contributed by atoms with Gasteiger partial charge in [-0.25, -0.2) is 4.79 Å². The summed E-state index contributed by atoms with van der Waals surface area (Å²) in [5.41, 5.74) is 4.31. The van der Waals surface area contributed by atoms with Crippen molar-refractivity contribution in [2.24, 2.45) is 5.92 Å². The smallest absolute Gasteiger partial charge is 0.338 e. The minimum Gasteiger partial charge on any atom is -0.452 e. The van der Waals surface area contributed by atoms with Crippen molar-refractivity contribution in [1.29, 1.82) is 0 Å². The number of carbonyl (C=O) groups excluding carboxylic acids is 3. The van der Waals surface area contributed by atoms with E-state index in [0.717, 1.165) is 24.0 Å². The molecule has 2 N–H and O–H groups in total. The number of nitrogens with one attached hydrogen (secondary N) is 2. The van der Waals surface area contributed by atoms with Gasteiger partial charge < -0.3 is 15.4 Å². The normalized spacial score (nSPS) is 14.0. The molecule has 0 aromatic heterocycles. The lowest BCUT2D eigenvalue weighted by atomic mass is 10.0. The van der Waals surface area contributed by atoms with Crippen molar-refractivity contribution in [3.05, 3.63) is 64.7 Å². The van der Waals surface area contributed by atoms with E-state index in [1.807, 2.05) is 39.0 Å². The lowest BCUT2D eigenvalue weighted by Crippen LogP contribution is -2.31. The Morgan fingerprint density at radius 1 is 1.03 bits per heavy atom. The highest BCUT2D eigenvalue weighted by atomic mass is 16.5. The predicted molar refractivity (Wildman–Crippen MR) is 111 cm³/mol. The summed E-state index contributed by atoms with van der Waals surface area (Å²) in [4.78, 5) is 36.0. The number of hydrogen-bond donors (Lipinski definition) is 2. The van der Waals surface area contributed by atoms with E-state index in [0.29, 0.717) is 11.3 Å². The highest BCUT2D eigenvalue weighted by Crippen LogP contribution is 2.30. The molecule has 0 aliphatic heterocycles. The summed E-state index contributed by atoms with van der Waals surface area (Å²) in [5, 5.41) is 5.64. The fraction of sp³-hybridized carbons (Fsp3) is 0.348. The Balaban J connectivity index is 1.47. The number of esters is 1. The van der Waals surface area contributed by atoms with E-state index in [-0.39, 0.29) is 30.4 Å². The van der Waals surface area contributed by atoms with Crippen molar-refractivity contribution in [1.82, 2.24) is 5.32 Å². The standard InChI is InChI=1S/C23H26N2O4/c1-14-4-5-19(12-15(14)2)16(3)24-21(26)13-29-23(28)18-8-10-20(11-9-18)25-22(27)17-6-7-17/h4-5,8-12,16-17H,6-7,13H2,1-3H3,(H,24,26)(H,25,27). The van der Waals surface area contributed by atoms with Crippen molar-refractivity contribution >= 4 is 23.5 Å². The van der Waals surface area contributed by atoms with E-state index >= 15 is 0 Å². The van der Waals surface area contributed by atoms with Crippen molar-refractivity contribution in [3.8, 4) is 0 Å². The molecular weight excluding hydrogens is 368 g/mol. The number of aryl methyl sites for hydroxylation is 2. The molecule has 1 atom stereocenters. The van der Waals surface area contributed by atoms with Crippen LogP contribution in [0.1, 0.15) is 52.9 Å². The average Bonchev–Trinajstić information content (AvgIpc) is 3.54. The Hall–Kier alpha value is -3.15. The first-order valence-electron chi connectivity index (χ1n) is 9.78. The average molecular weight is 394 g/mol. The second kappa shape index (κ2) is 8.90. The summed E-state index contributed by atoms with van der Waals surface area (Å²) in [6, 6.07) is 12.3. The molecule has 0 spiro atoms. The minimum absolute atomic E-state index is 0.00916. The molecule has 2 aromatic carbocycles. The Bertz CT molecular complexity index is 917. The summed E-state index contributed by atoms with van der Waals surface area (Å²) >= 11 is 0. The first-order valence-corrected chi connectivity index (χ1v) is 9.78. The van der Waals surface area contributed by atoms with Crippen LogP contribution in [0.15, 0.2) is 42.5 Å². The van der Waals surface area contributed by atoms with Crippen LogP contribution in [-0.2, 0) is 14.3 Å². The second-order valence-corrected chi connectivity index (χ2v) is 7.55. The van der Waals surface area contributed by atoms with Gasteiger partial charge in [0.05, 0.1) is 11.6 Å². The molecule has 6 nitrogen and oxygen atoms in total. The molecule has 2 amide bonds. The van der Waals surface area contributed by atoms with Gasteiger partial charge in [0, 0.05) is 11.6 Å². The number of amides is 2. The van der Waals surface area contributed by atoms with E-state index < -0.39 is 5.97 Å². The molecule has 1 aliphatic carbocycles. The number of ether oxygens (including phenoxy) is 1. The van der Waals surface area contributed by atoms with Crippen LogP contribution >= 0.6 is 0 Å². The van der Waals surface area contributed by atoms with Gasteiger partial charge in [0.1, 0.15) is 0 Å². The fourth-order valence-corrected chi connectivity index (χ4v) is 2.89. The molecule has 152 valence electrons. The van der Waals surface area contributed by atoms with Gasteiger partial charge in [-0.05, 0) is 74.6 Å². The molecule has 6 heteroatoms. The monoisotopic (exact) mass is 394 g/mol. The topological polar surface area (TPSA) is 84.5 Å². The Kier molecular flexibility index (Phi) is 6.32. The highest BCUT2D eigenvalue weighted by Gasteiger charge is 2.29. The molecule has 1 saturated carbocycles. The SMILES string of the molecule is Cc1ccc(C(C)NC(=O)COC(=O)c2ccc(NC(=O)C3CC3)cc2)cc1C. The van der Waals surface area contributed by atoms with Gasteiger partial charge in [0.25, 0.3) is 5.91 Å². The van der Waals surface area contributed by atoms with Gasteiger partial charge in [-0.1, -0.05) is 18.2 Å². The van der Waals surface area contributed by atoms with Gasteiger partial charge in [-0.15, -0.1) is 0 Å². The van der Waals surface area contributed by atoms with Gasteiger partial charge in [0.2, 0.25) is 5.91 Å². The van der Waals surface area contributed by atoms with Crippen molar-refractivity contribution < 1.29 is 19.1 Å². The molecule has 29 heavy (non-hydrogen) atoms. The predicted octanol–water partition coefficient (Wildman–Crippen LogP) is 3.69. The van der Waals surface area contributed by atoms with Crippen LogP contribution < -0.4 is 10.6 Å². The maximum atomic E-state index is 12.1. The Morgan fingerprint density at radius 2 is 1.72 bits per heavy atom. The number of benzene rings is 2. The molecule has 0 saturated heterocycles. The first-order chi connectivity index (χ1) is 13.8. The van der Waals surface area contributed by atoms with Crippen molar-refractivity contribution in [3.63, 3.8) is 0 Å². The summed E-state index contributed by atoms with van der Waals surface area (Å²) in [6.07, 6.45) is 1.86. The molecule has 0 radical (unpaired) electrons. The Labute approximate surface area is 170 Å². The van der Waals surface area contributed by atoms with Gasteiger partial charge in [-0.2, -0.15) is 0 Å². The number of anilines is 1. The van der Waals surface area contributed by atoms with Crippen LogP contribution in [0.5, 0.6) is 0 Å². The molecule has 0 bridgehead atoms. The molecule has 1 aliphatic rings. The zero-order chi connectivity index (χ0) is 21.0. The maximum Gasteiger partial charge on any atom is 0.338 e. The third-order valence-corrected chi connectivity index (χ3v) is 5.08. The second-order valence-electron chi connectivity index (χ2n) is 7.55. The lowest BCUT2D eigenvalue weighted by molar-refractivity contribution is -0.124. The summed E-state index contributed by atoms with van der Waals surface area (Å²) in [7, 11) is 0. The molecule has 0 heterocycles. The number of carbonyl (C=O) groups is 3. The highest BCUT2D eigenvalue weighted by molar-refractivity contribution is 5.95. The number of rotatable bonds is 7. The van der Waals surface area contributed by atoms with Crippen LogP contribution in [0.4, 0.5) is 5.69 Å². The summed E-state index contributed by atoms with van der Waals surface area (Å²) in [6.45, 7) is 5.60. The van der Waals surface area contributed by atoms with Crippen LogP contribution in [-0.4, -0.2) is 24.4 Å². The summed E-state index contributed by atoms with van der Waals surface area (Å²) < 4.78 is 5.10. The zero-order valence-corrected chi connectivity index (χ0v) is 17.0. The zero-order valence-electron chi connectivity index (χ0n) is 17.0.